The molecule has 9 nitrogen and oxygen atoms in total. The predicted molar refractivity (Wildman–Crippen MR) is 143 cm³/mol. The van der Waals surface area contributed by atoms with Crippen molar-refractivity contribution in [3.05, 3.63) is 65.8 Å². The number of hydrogen-bond acceptors (Lipinski definition) is 9. The summed E-state index contributed by atoms with van der Waals surface area (Å²) in [5, 5.41) is 5.82. The lowest BCUT2D eigenvalue weighted by Crippen LogP contribution is -2.31. The quantitative estimate of drug-likeness (QED) is 0.402. The summed E-state index contributed by atoms with van der Waals surface area (Å²) in [6.45, 7) is 2.66. The summed E-state index contributed by atoms with van der Waals surface area (Å²) in [5.41, 5.74) is 8.65. The first-order valence-electron chi connectivity index (χ1n) is 12.6. The Kier molecular flexibility index (Phi) is 7.87. The largest absolute Gasteiger partial charge is 0.382 e. The van der Waals surface area contributed by atoms with Crippen LogP contribution >= 0.6 is 0 Å². The van der Waals surface area contributed by atoms with Gasteiger partial charge in [0.05, 0.1) is 29.0 Å². The van der Waals surface area contributed by atoms with Gasteiger partial charge >= 0.3 is 0 Å². The molecule has 12 heteroatoms. The first-order valence-corrected chi connectivity index (χ1v) is 14.3. The van der Waals surface area contributed by atoms with Gasteiger partial charge in [0.2, 0.25) is 0 Å². The van der Waals surface area contributed by atoms with Crippen LogP contribution in [-0.4, -0.2) is 60.0 Å². The van der Waals surface area contributed by atoms with Crippen LogP contribution in [0.1, 0.15) is 31.0 Å². The van der Waals surface area contributed by atoms with Gasteiger partial charge in [-0.15, -0.1) is 0 Å². The highest BCUT2D eigenvalue weighted by Crippen LogP contribution is 2.32. The molecule has 1 aliphatic carbocycles. The van der Waals surface area contributed by atoms with Gasteiger partial charge in [0, 0.05) is 31.3 Å². The van der Waals surface area contributed by atoms with Crippen LogP contribution in [0, 0.1) is 5.82 Å². The van der Waals surface area contributed by atoms with E-state index in [2.05, 4.69) is 20.4 Å². The van der Waals surface area contributed by atoms with E-state index >= 15 is 0 Å². The number of rotatable bonds is 9. The first-order chi connectivity index (χ1) is 18.7. The van der Waals surface area contributed by atoms with Crippen molar-refractivity contribution in [2.24, 2.45) is 0 Å². The van der Waals surface area contributed by atoms with E-state index < -0.39 is 32.3 Å². The summed E-state index contributed by atoms with van der Waals surface area (Å²) in [4.78, 5) is 8.80. The Labute approximate surface area is 225 Å². The summed E-state index contributed by atoms with van der Waals surface area (Å²) in [6, 6.07) is 6.21. The molecule has 1 fully saturated rings. The Morgan fingerprint density at radius 2 is 2.10 bits per heavy atom. The number of anilines is 1. The number of allylic oxidation sites excluding steroid dienone is 3. The molecule has 3 aromatic rings. The number of nitrogens with two attached hydrogens (primary N) is 1. The molecule has 1 aliphatic heterocycles. The van der Waals surface area contributed by atoms with Gasteiger partial charge in [0.15, 0.2) is 27.1 Å². The van der Waals surface area contributed by atoms with Gasteiger partial charge < -0.3 is 20.3 Å². The van der Waals surface area contributed by atoms with Crippen molar-refractivity contribution in [2.75, 3.05) is 25.5 Å². The van der Waals surface area contributed by atoms with Gasteiger partial charge in [-0.3, -0.25) is 0 Å². The third-order valence-electron chi connectivity index (χ3n) is 6.74. The smallest absolute Gasteiger partial charge is 0.189 e. The lowest BCUT2D eigenvalue weighted by Gasteiger charge is -2.20. The van der Waals surface area contributed by atoms with E-state index in [1.807, 2.05) is 6.08 Å². The number of nitrogens with one attached hydrogen (secondary N) is 1. The second-order valence-electron chi connectivity index (χ2n) is 9.66. The number of halogens is 2. The minimum absolute atomic E-state index is 0.104. The van der Waals surface area contributed by atoms with Crippen molar-refractivity contribution < 1.29 is 26.5 Å². The third kappa shape index (κ3) is 5.92. The number of hydrogen-bond donors (Lipinski definition) is 2. The molecule has 5 rings (SSSR count). The van der Waals surface area contributed by atoms with Crippen LogP contribution in [0.15, 0.2) is 53.2 Å². The van der Waals surface area contributed by atoms with Gasteiger partial charge in [-0.1, -0.05) is 29.5 Å². The summed E-state index contributed by atoms with van der Waals surface area (Å²) in [5.74, 6) is -0.185. The molecule has 2 aromatic heterocycles. The molecule has 1 aromatic carbocycles. The average Bonchev–Trinajstić information content (AvgIpc) is 3.63. The maximum absolute atomic E-state index is 14.8. The van der Waals surface area contributed by atoms with Gasteiger partial charge in [-0.05, 0) is 43.0 Å². The fraction of sp³-hybridized carbons (Fsp3) is 0.370. The Hall–Kier alpha value is -3.48. The van der Waals surface area contributed by atoms with Crippen LogP contribution in [0.25, 0.3) is 28.3 Å². The van der Waals surface area contributed by atoms with Crippen molar-refractivity contribution in [2.45, 2.75) is 43.0 Å². The van der Waals surface area contributed by atoms with Crippen LogP contribution in [0.4, 0.5) is 14.6 Å². The highest BCUT2D eigenvalue weighted by atomic mass is 32.2. The van der Waals surface area contributed by atoms with Crippen molar-refractivity contribution in [3.8, 4) is 22.7 Å². The SMILES string of the molecule is CC(F)CNCc1ccc(-c2cc(-c3nc(C4=CCC(S(=O)(=O)[C@@H]5CCOC5)C=C4)cnc3N)on2)c(F)c1. The molecule has 39 heavy (non-hydrogen) atoms. The van der Waals surface area contributed by atoms with Crippen molar-refractivity contribution in [3.63, 3.8) is 0 Å². The Morgan fingerprint density at radius 3 is 2.79 bits per heavy atom. The second-order valence-corrected chi connectivity index (χ2v) is 12.1. The molecule has 3 atom stereocenters. The molecule has 2 unspecified atom stereocenters. The molecule has 0 amide bonds. The maximum Gasteiger partial charge on any atom is 0.189 e. The van der Waals surface area contributed by atoms with E-state index in [1.165, 1.54) is 25.3 Å². The summed E-state index contributed by atoms with van der Waals surface area (Å²) < 4.78 is 64.3. The molecular weight excluding hydrogens is 528 g/mol. The summed E-state index contributed by atoms with van der Waals surface area (Å²) in [6.07, 6.45) is 6.55. The summed E-state index contributed by atoms with van der Waals surface area (Å²) in [7, 11) is -3.35. The molecular formula is C27H29F2N5O4S. The van der Waals surface area contributed by atoms with Crippen LogP contribution in [0.3, 0.4) is 0 Å². The van der Waals surface area contributed by atoms with Crippen molar-refractivity contribution in [1.29, 1.82) is 0 Å². The van der Waals surface area contributed by atoms with Crippen LogP contribution in [0.5, 0.6) is 0 Å². The van der Waals surface area contributed by atoms with Gasteiger partial charge in [-0.2, -0.15) is 0 Å². The van der Waals surface area contributed by atoms with Gasteiger partial charge in [0.1, 0.15) is 17.7 Å². The van der Waals surface area contributed by atoms with E-state index in [-0.39, 0.29) is 41.7 Å². The highest BCUT2D eigenvalue weighted by Gasteiger charge is 2.35. The van der Waals surface area contributed by atoms with Crippen molar-refractivity contribution in [1.82, 2.24) is 20.4 Å². The number of aromatic nitrogens is 3. The fourth-order valence-corrected chi connectivity index (χ4v) is 6.44. The van der Waals surface area contributed by atoms with Crippen LogP contribution < -0.4 is 11.1 Å². The summed E-state index contributed by atoms with van der Waals surface area (Å²) >= 11 is 0. The zero-order chi connectivity index (χ0) is 27.6. The van der Waals surface area contributed by atoms with E-state index in [0.29, 0.717) is 42.8 Å². The Morgan fingerprint density at radius 1 is 1.26 bits per heavy atom. The molecule has 1 saturated heterocycles. The highest BCUT2D eigenvalue weighted by molar-refractivity contribution is 7.92. The minimum Gasteiger partial charge on any atom is -0.382 e. The third-order valence-corrected chi connectivity index (χ3v) is 9.23. The fourth-order valence-electron chi connectivity index (χ4n) is 4.58. The minimum atomic E-state index is -3.35. The number of nitrogen functional groups attached to an aromatic ring is 1. The molecule has 0 radical (unpaired) electrons. The van der Waals surface area contributed by atoms with Gasteiger partial charge in [-0.25, -0.2) is 27.2 Å². The first kappa shape index (κ1) is 27.1. The zero-order valence-corrected chi connectivity index (χ0v) is 22.1. The molecule has 0 bridgehead atoms. The average molecular weight is 558 g/mol. The van der Waals surface area contributed by atoms with E-state index in [4.69, 9.17) is 15.0 Å². The standard InChI is InChI=1S/C27H29F2N5O4S/c1-16(28)12-31-13-17-2-7-21(22(29)10-17)23-11-25(38-34-23)26-27(30)32-14-24(33-26)18-3-5-19(6-4-18)39(35,36)20-8-9-37-15-20/h2-5,7,10-11,14,16,19-20,31H,6,8-9,12-13,15H2,1H3,(H2,30,32)/t16?,19?,20-/m1/s1. The number of sulfone groups is 1. The number of alkyl halides is 1. The molecule has 2 aliphatic rings. The van der Waals surface area contributed by atoms with Crippen LogP contribution in [-0.2, 0) is 21.1 Å². The molecule has 0 spiro atoms. The monoisotopic (exact) mass is 557 g/mol. The second kappa shape index (κ2) is 11.3. The topological polar surface area (TPSA) is 133 Å². The Bertz CT molecular complexity index is 1510. The number of ether oxygens (including phenoxy) is 1. The van der Waals surface area contributed by atoms with E-state index in [1.54, 1.807) is 24.3 Å². The predicted octanol–water partition coefficient (Wildman–Crippen LogP) is 3.88. The van der Waals surface area contributed by atoms with E-state index in [9.17, 15) is 17.2 Å². The molecule has 206 valence electrons. The Balaban J connectivity index is 1.32. The normalized spacial score (nSPS) is 20.2. The van der Waals surface area contributed by atoms with Gasteiger partial charge in [0.25, 0.3) is 0 Å². The van der Waals surface area contributed by atoms with Crippen molar-refractivity contribution >= 4 is 21.2 Å². The molecule has 3 heterocycles. The zero-order valence-electron chi connectivity index (χ0n) is 21.3. The lowest BCUT2D eigenvalue weighted by atomic mass is 10.0. The molecule has 0 saturated carbocycles. The number of benzene rings is 1. The lowest BCUT2D eigenvalue weighted by molar-refractivity contribution is 0.198. The van der Waals surface area contributed by atoms with Crippen LogP contribution in [0.2, 0.25) is 0 Å². The number of nitrogens with zero attached hydrogens (tertiary/aromatic N) is 3. The van der Waals surface area contributed by atoms with E-state index in [0.717, 1.165) is 0 Å². The maximum atomic E-state index is 14.8. The molecule has 3 N–H and O–H groups in total.